The van der Waals surface area contributed by atoms with Gasteiger partial charge in [0.05, 0.1) is 0 Å². The number of aromatic nitrogens is 2. The molecular weight excluding hydrogens is 217 g/mol. The van der Waals surface area contributed by atoms with Crippen molar-refractivity contribution < 1.29 is 4.39 Å². The fraction of sp³-hybridized carbons (Fsp3) is 0.308. The van der Waals surface area contributed by atoms with Crippen molar-refractivity contribution in [2.24, 2.45) is 7.05 Å². The Balaban J connectivity index is 1.92. The molecule has 0 atom stereocenters. The third kappa shape index (κ3) is 3.06. The lowest BCUT2D eigenvalue weighted by atomic mass is 10.2. The number of hydrogen-bond acceptors (Lipinski definition) is 2. The molecule has 4 heteroatoms. The van der Waals surface area contributed by atoms with Crippen LogP contribution in [0.1, 0.15) is 11.3 Å². The second kappa shape index (κ2) is 4.99. The van der Waals surface area contributed by atoms with Crippen LogP contribution in [-0.2, 0) is 13.5 Å². The topological polar surface area (TPSA) is 29.9 Å². The monoisotopic (exact) mass is 233 g/mol. The van der Waals surface area contributed by atoms with Crippen LogP contribution in [0.5, 0.6) is 0 Å². The SMILES string of the molecule is Cc1cc(F)cc(NCCc2ccnn2C)c1. The molecule has 0 unspecified atom stereocenters. The standard InChI is InChI=1S/C13H16FN3/c1-10-7-11(14)9-12(8-10)15-5-3-13-4-6-16-17(13)2/h4,6-9,15H,3,5H2,1-2H3. The molecule has 2 aromatic rings. The van der Waals surface area contributed by atoms with Crippen LogP contribution >= 0.6 is 0 Å². The zero-order valence-electron chi connectivity index (χ0n) is 10.1. The first-order valence-corrected chi connectivity index (χ1v) is 5.63. The molecule has 0 radical (unpaired) electrons. The normalized spacial score (nSPS) is 10.5. The highest BCUT2D eigenvalue weighted by molar-refractivity contribution is 5.46. The Morgan fingerprint density at radius 1 is 1.35 bits per heavy atom. The second-order valence-electron chi connectivity index (χ2n) is 4.14. The van der Waals surface area contributed by atoms with E-state index in [0.717, 1.165) is 29.9 Å². The molecule has 0 spiro atoms. The van der Waals surface area contributed by atoms with E-state index < -0.39 is 0 Å². The Morgan fingerprint density at radius 2 is 2.18 bits per heavy atom. The van der Waals surface area contributed by atoms with Crippen molar-refractivity contribution >= 4 is 5.69 Å². The third-order valence-corrected chi connectivity index (χ3v) is 2.67. The van der Waals surface area contributed by atoms with Crippen LogP contribution in [0.2, 0.25) is 0 Å². The summed E-state index contributed by atoms with van der Waals surface area (Å²) in [5.41, 5.74) is 2.91. The number of nitrogens with one attached hydrogen (secondary N) is 1. The predicted molar refractivity (Wildman–Crippen MR) is 66.5 cm³/mol. The lowest BCUT2D eigenvalue weighted by Gasteiger charge is -2.07. The maximum absolute atomic E-state index is 13.1. The highest BCUT2D eigenvalue weighted by atomic mass is 19.1. The Kier molecular flexibility index (Phi) is 3.42. The zero-order chi connectivity index (χ0) is 12.3. The first-order chi connectivity index (χ1) is 8.15. The number of rotatable bonds is 4. The first-order valence-electron chi connectivity index (χ1n) is 5.63. The van der Waals surface area contributed by atoms with Gasteiger partial charge in [-0.1, -0.05) is 0 Å². The quantitative estimate of drug-likeness (QED) is 0.879. The van der Waals surface area contributed by atoms with Gasteiger partial charge in [-0.25, -0.2) is 4.39 Å². The van der Waals surface area contributed by atoms with E-state index in [4.69, 9.17) is 0 Å². The first kappa shape index (κ1) is 11.6. The van der Waals surface area contributed by atoms with Crippen molar-refractivity contribution in [3.63, 3.8) is 0 Å². The van der Waals surface area contributed by atoms with E-state index in [2.05, 4.69) is 10.4 Å². The van der Waals surface area contributed by atoms with Gasteiger partial charge in [0.15, 0.2) is 0 Å². The summed E-state index contributed by atoms with van der Waals surface area (Å²) in [7, 11) is 1.92. The van der Waals surface area contributed by atoms with E-state index >= 15 is 0 Å². The largest absolute Gasteiger partial charge is 0.385 e. The molecule has 0 aliphatic heterocycles. The molecule has 1 aromatic carbocycles. The van der Waals surface area contributed by atoms with Gasteiger partial charge in [0.25, 0.3) is 0 Å². The molecule has 2 rings (SSSR count). The van der Waals surface area contributed by atoms with Crippen LogP contribution in [-0.4, -0.2) is 16.3 Å². The molecule has 1 N–H and O–H groups in total. The van der Waals surface area contributed by atoms with Crippen molar-refractivity contribution in [2.45, 2.75) is 13.3 Å². The molecule has 0 aliphatic rings. The van der Waals surface area contributed by atoms with Gasteiger partial charge in [0, 0.05) is 37.6 Å². The highest BCUT2D eigenvalue weighted by Crippen LogP contribution is 2.13. The Bertz CT molecular complexity index is 485. The van der Waals surface area contributed by atoms with E-state index in [0.29, 0.717) is 0 Å². The summed E-state index contributed by atoms with van der Waals surface area (Å²) in [5, 5.41) is 7.31. The van der Waals surface area contributed by atoms with Gasteiger partial charge in [-0.3, -0.25) is 4.68 Å². The van der Waals surface area contributed by atoms with E-state index in [1.165, 1.54) is 12.1 Å². The second-order valence-corrected chi connectivity index (χ2v) is 4.14. The number of anilines is 1. The highest BCUT2D eigenvalue weighted by Gasteiger charge is 2.00. The molecule has 1 aromatic heterocycles. The minimum absolute atomic E-state index is 0.201. The van der Waals surface area contributed by atoms with Crippen molar-refractivity contribution in [3.8, 4) is 0 Å². The average molecular weight is 233 g/mol. The summed E-state index contributed by atoms with van der Waals surface area (Å²) in [6, 6.07) is 6.95. The Morgan fingerprint density at radius 3 is 2.82 bits per heavy atom. The number of aryl methyl sites for hydroxylation is 2. The summed E-state index contributed by atoms with van der Waals surface area (Å²) in [6.07, 6.45) is 2.65. The summed E-state index contributed by atoms with van der Waals surface area (Å²) in [5.74, 6) is -0.201. The fourth-order valence-corrected chi connectivity index (χ4v) is 1.82. The van der Waals surface area contributed by atoms with Crippen LogP contribution in [0.25, 0.3) is 0 Å². The van der Waals surface area contributed by atoms with Gasteiger partial charge in [-0.15, -0.1) is 0 Å². The lowest BCUT2D eigenvalue weighted by Crippen LogP contribution is -2.08. The molecule has 1 heterocycles. The van der Waals surface area contributed by atoms with Crippen molar-refractivity contribution in [1.82, 2.24) is 9.78 Å². The van der Waals surface area contributed by atoms with Crippen LogP contribution in [0.15, 0.2) is 30.5 Å². The van der Waals surface area contributed by atoms with Gasteiger partial charge in [-0.2, -0.15) is 5.10 Å². The van der Waals surface area contributed by atoms with Gasteiger partial charge < -0.3 is 5.32 Å². The number of halogens is 1. The molecule has 0 bridgehead atoms. The van der Waals surface area contributed by atoms with E-state index in [9.17, 15) is 4.39 Å². The minimum Gasteiger partial charge on any atom is -0.385 e. The molecule has 90 valence electrons. The van der Waals surface area contributed by atoms with Crippen LogP contribution < -0.4 is 5.32 Å². The van der Waals surface area contributed by atoms with Crippen LogP contribution in [0.3, 0.4) is 0 Å². The van der Waals surface area contributed by atoms with Crippen molar-refractivity contribution in [1.29, 1.82) is 0 Å². The maximum Gasteiger partial charge on any atom is 0.125 e. The predicted octanol–water partition coefficient (Wildman–Crippen LogP) is 2.52. The van der Waals surface area contributed by atoms with Gasteiger partial charge in [-0.05, 0) is 36.8 Å². The molecule has 0 saturated carbocycles. The van der Waals surface area contributed by atoms with Gasteiger partial charge in [0.1, 0.15) is 5.82 Å². The summed E-state index contributed by atoms with van der Waals surface area (Å²) in [6.45, 7) is 2.65. The number of benzene rings is 1. The Labute approximate surface area is 100 Å². The summed E-state index contributed by atoms with van der Waals surface area (Å²) in [4.78, 5) is 0. The van der Waals surface area contributed by atoms with E-state index in [1.807, 2.05) is 30.8 Å². The minimum atomic E-state index is -0.201. The number of hydrogen-bond donors (Lipinski definition) is 1. The van der Waals surface area contributed by atoms with Gasteiger partial charge >= 0.3 is 0 Å². The molecular formula is C13H16FN3. The fourth-order valence-electron chi connectivity index (χ4n) is 1.82. The summed E-state index contributed by atoms with van der Waals surface area (Å²) >= 11 is 0. The summed E-state index contributed by atoms with van der Waals surface area (Å²) < 4.78 is 15.0. The molecule has 0 fully saturated rings. The third-order valence-electron chi connectivity index (χ3n) is 2.67. The smallest absolute Gasteiger partial charge is 0.125 e. The molecule has 0 saturated heterocycles. The molecule has 0 aliphatic carbocycles. The lowest BCUT2D eigenvalue weighted by molar-refractivity contribution is 0.627. The molecule has 3 nitrogen and oxygen atoms in total. The Hall–Kier alpha value is -1.84. The van der Waals surface area contributed by atoms with Crippen LogP contribution in [0, 0.1) is 12.7 Å². The van der Waals surface area contributed by atoms with Crippen LogP contribution in [0.4, 0.5) is 10.1 Å². The average Bonchev–Trinajstić information content (AvgIpc) is 2.63. The molecule has 0 amide bonds. The van der Waals surface area contributed by atoms with Gasteiger partial charge in [0.2, 0.25) is 0 Å². The van der Waals surface area contributed by atoms with E-state index in [1.54, 1.807) is 6.20 Å². The maximum atomic E-state index is 13.1. The van der Waals surface area contributed by atoms with E-state index in [-0.39, 0.29) is 5.82 Å². The van der Waals surface area contributed by atoms with Crippen molar-refractivity contribution in [2.75, 3.05) is 11.9 Å². The molecule has 17 heavy (non-hydrogen) atoms. The van der Waals surface area contributed by atoms with Crippen molar-refractivity contribution in [3.05, 3.63) is 47.5 Å². The zero-order valence-corrected chi connectivity index (χ0v) is 10.1. The number of nitrogens with zero attached hydrogens (tertiary/aromatic N) is 2.